The molecule has 0 saturated carbocycles. The maximum absolute atomic E-state index is 12.3. The summed E-state index contributed by atoms with van der Waals surface area (Å²) in [5, 5.41) is 2.95. The number of pyridine rings is 1. The zero-order valence-corrected chi connectivity index (χ0v) is 12.3. The Morgan fingerprint density at radius 3 is 2.55 bits per heavy atom. The molecule has 20 heavy (non-hydrogen) atoms. The molecule has 0 aliphatic heterocycles. The number of anilines is 1. The van der Waals surface area contributed by atoms with E-state index in [1.54, 1.807) is 0 Å². The van der Waals surface area contributed by atoms with Crippen molar-refractivity contribution in [1.29, 1.82) is 0 Å². The number of nitrogens with zero attached hydrogens (tertiary/aromatic N) is 1. The van der Waals surface area contributed by atoms with Crippen LogP contribution in [0, 0.1) is 6.92 Å². The Morgan fingerprint density at radius 2 is 1.90 bits per heavy atom. The molecule has 0 saturated heterocycles. The molecule has 1 atom stereocenters. The number of amides is 1. The van der Waals surface area contributed by atoms with E-state index < -0.39 is 0 Å². The van der Waals surface area contributed by atoms with Crippen molar-refractivity contribution in [2.75, 3.05) is 5.32 Å². The number of benzene rings is 1. The zero-order valence-electron chi connectivity index (χ0n) is 12.3. The van der Waals surface area contributed by atoms with Gasteiger partial charge in [0.25, 0.3) is 5.91 Å². The van der Waals surface area contributed by atoms with Gasteiger partial charge in [0.05, 0.1) is 0 Å². The van der Waals surface area contributed by atoms with Gasteiger partial charge in [-0.1, -0.05) is 25.1 Å². The van der Waals surface area contributed by atoms with Crippen molar-refractivity contribution in [3.63, 3.8) is 0 Å². The van der Waals surface area contributed by atoms with Gasteiger partial charge >= 0.3 is 0 Å². The number of hydrogen-bond donors (Lipinski definition) is 1. The van der Waals surface area contributed by atoms with E-state index in [1.807, 2.05) is 48.7 Å². The summed E-state index contributed by atoms with van der Waals surface area (Å²) in [6.45, 7) is 6.06. The van der Waals surface area contributed by atoms with Crippen LogP contribution in [0.1, 0.15) is 31.1 Å². The summed E-state index contributed by atoms with van der Waals surface area (Å²) in [4.78, 5) is 12.3. The Balaban J connectivity index is 2.18. The standard InChI is InChI=1S/C17H20N2O/c1-4-15-11-10-13(2)19(12-15)14(3)17(20)18-16-8-6-5-7-9-16/h5-12,14H,4H2,1-3H3/p+1/t14-/m1/s1. The molecule has 1 N–H and O–H groups in total. The molecule has 1 heterocycles. The molecule has 104 valence electrons. The molecule has 1 aromatic carbocycles. The highest BCUT2D eigenvalue weighted by atomic mass is 16.2. The minimum atomic E-state index is -0.235. The fourth-order valence-electron chi connectivity index (χ4n) is 2.16. The number of aromatic nitrogens is 1. The second-order valence-electron chi connectivity index (χ2n) is 4.97. The van der Waals surface area contributed by atoms with Crippen LogP contribution in [0.15, 0.2) is 48.7 Å². The van der Waals surface area contributed by atoms with Crippen LogP contribution in [-0.2, 0) is 11.2 Å². The maximum atomic E-state index is 12.3. The minimum Gasteiger partial charge on any atom is -0.320 e. The van der Waals surface area contributed by atoms with Crippen molar-refractivity contribution >= 4 is 11.6 Å². The third-order valence-electron chi connectivity index (χ3n) is 3.50. The molecule has 0 unspecified atom stereocenters. The molecule has 0 aliphatic rings. The predicted octanol–water partition coefficient (Wildman–Crippen LogP) is 3.04. The van der Waals surface area contributed by atoms with Crippen LogP contribution in [0.3, 0.4) is 0 Å². The second kappa shape index (κ2) is 6.33. The topological polar surface area (TPSA) is 33.0 Å². The van der Waals surface area contributed by atoms with Crippen molar-refractivity contribution in [3.05, 3.63) is 59.9 Å². The number of nitrogens with one attached hydrogen (secondary N) is 1. The molecule has 3 nitrogen and oxygen atoms in total. The van der Waals surface area contributed by atoms with Crippen LogP contribution < -0.4 is 9.88 Å². The zero-order chi connectivity index (χ0) is 14.5. The fraction of sp³-hybridized carbons (Fsp3) is 0.294. The van der Waals surface area contributed by atoms with Gasteiger partial charge in [-0.25, -0.2) is 0 Å². The first-order chi connectivity index (χ1) is 9.61. The van der Waals surface area contributed by atoms with Crippen molar-refractivity contribution in [1.82, 2.24) is 0 Å². The molecule has 2 aromatic rings. The first kappa shape index (κ1) is 14.3. The Hall–Kier alpha value is -2.16. The highest BCUT2D eigenvalue weighted by molar-refractivity contribution is 5.92. The number of hydrogen-bond acceptors (Lipinski definition) is 1. The first-order valence-corrected chi connectivity index (χ1v) is 6.98. The Morgan fingerprint density at radius 1 is 1.20 bits per heavy atom. The molecule has 3 heteroatoms. The van der Waals surface area contributed by atoms with Gasteiger partial charge in [-0.05, 0) is 24.6 Å². The summed E-state index contributed by atoms with van der Waals surface area (Å²) < 4.78 is 2.02. The van der Waals surface area contributed by atoms with Gasteiger partial charge in [0.1, 0.15) is 0 Å². The average molecular weight is 269 g/mol. The lowest BCUT2D eigenvalue weighted by atomic mass is 10.2. The molecule has 0 spiro atoms. The first-order valence-electron chi connectivity index (χ1n) is 6.98. The lowest BCUT2D eigenvalue weighted by molar-refractivity contribution is -0.711. The highest BCUT2D eigenvalue weighted by Crippen LogP contribution is 2.09. The van der Waals surface area contributed by atoms with Crippen molar-refractivity contribution in [3.8, 4) is 0 Å². The molecular weight excluding hydrogens is 248 g/mol. The monoisotopic (exact) mass is 269 g/mol. The van der Waals surface area contributed by atoms with Gasteiger partial charge in [-0.2, -0.15) is 4.57 Å². The fourth-order valence-corrected chi connectivity index (χ4v) is 2.16. The Kier molecular flexibility index (Phi) is 4.51. The molecule has 1 amide bonds. The molecule has 1 aromatic heterocycles. The second-order valence-corrected chi connectivity index (χ2v) is 4.97. The number of para-hydroxylation sites is 1. The van der Waals surface area contributed by atoms with Gasteiger partial charge in [-0.3, -0.25) is 4.79 Å². The van der Waals surface area contributed by atoms with Gasteiger partial charge < -0.3 is 5.32 Å². The van der Waals surface area contributed by atoms with Crippen molar-refractivity contribution < 1.29 is 9.36 Å². The normalized spacial score (nSPS) is 11.9. The van der Waals surface area contributed by atoms with Crippen LogP contribution in [0.5, 0.6) is 0 Å². The number of carbonyl (C=O) groups excluding carboxylic acids is 1. The molecule has 0 radical (unpaired) electrons. The molecule has 0 fully saturated rings. The SMILES string of the molecule is CCc1ccc(C)[n+]([C@H](C)C(=O)Nc2ccccc2)c1. The van der Waals surface area contributed by atoms with E-state index in [0.717, 1.165) is 17.8 Å². The summed E-state index contributed by atoms with van der Waals surface area (Å²) in [5.41, 5.74) is 3.14. The van der Waals surface area contributed by atoms with Crippen molar-refractivity contribution in [2.45, 2.75) is 33.2 Å². The summed E-state index contributed by atoms with van der Waals surface area (Å²) in [7, 11) is 0. The Bertz CT molecular complexity index is 593. The quantitative estimate of drug-likeness (QED) is 0.850. The third-order valence-corrected chi connectivity index (χ3v) is 3.50. The van der Waals surface area contributed by atoms with E-state index in [4.69, 9.17) is 0 Å². The van der Waals surface area contributed by atoms with E-state index in [9.17, 15) is 4.79 Å². The molecule has 0 bridgehead atoms. The minimum absolute atomic E-state index is 0.00227. The van der Waals surface area contributed by atoms with Gasteiger partial charge in [0.2, 0.25) is 6.04 Å². The molecule has 2 rings (SSSR count). The third kappa shape index (κ3) is 3.23. The van der Waals surface area contributed by atoms with Crippen molar-refractivity contribution in [2.24, 2.45) is 0 Å². The maximum Gasteiger partial charge on any atom is 0.293 e. The molecular formula is C17H21N2O+. The number of aryl methyl sites for hydroxylation is 2. The van der Waals surface area contributed by atoms with E-state index >= 15 is 0 Å². The van der Waals surface area contributed by atoms with E-state index in [-0.39, 0.29) is 11.9 Å². The Labute approximate surface area is 120 Å². The van der Waals surface area contributed by atoms with Crippen LogP contribution in [0.25, 0.3) is 0 Å². The average Bonchev–Trinajstić information content (AvgIpc) is 2.48. The number of rotatable bonds is 4. The smallest absolute Gasteiger partial charge is 0.293 e. The van der Waals surface area contributed by atoms with Gasteiger partial charge in [0.15, 0.2) is 11.9 Å². The summed E-state index contributed by atoms with van der Waals surface area (Å²) in [6, 6.07) is 13.5. The number of carbonyl (C=O) groups is 1. The largest absolute Gasteiger partial charge is 0.320 e. The summed E-state index contributed by atoms with van der Waals surface area (Å²) >= 11 is 0. The lowest BCUT2D eigenvalue weighted by Crippen LogP contribution is -2.46. The summed E-state index contributed by atoms with van der Waals surface area (Å²) in [6.07, 6.45) is 3.03. The van der Waals surface area contributed by atoms with Crippen LogP contribution in [0.4, 0.5) is 5.69 Å². The predicted molar refractivity (Wildman–Crippen MR) is 80.5 cm³/mol. The summed E-state index contributed by atoms with van der Waals surface area (Å²) in [5.74, 6) is -0.00227. The molecule has 0 aliphatic carbocycles. The van der Waals surface area contributed by atoms with E-state index in [0.29, 0.717) is 0 Å². The van der Waals surface area contributed by atoms with Gasteiger partial charge in [-0.15, -0.1) is 0 Å². The van der Waals surface area contributed by atoms with Crippen LogP contribution >= 0.6 is 0 Å². The lowest BCUT2D eigenvalue weighted by Gasteiger charge is -2.11. The highest BCUT2D eigenvalue weighted by Gasteiger charge is 2.24. The van der Waals surface area contributed by atoms with E-state index in [2.05, 4.69) is 30.6 Å². The van der Waals surface area contributed by atoms with Crippen LogP contribution in [0.2, 0.25) is 0 Å². The van der Waals surface area contributed by atoms with Crippen LogP contribution in [-0.4, -0.2) is 5.91 Å². The van der Waals surface area contributed by atoms with E-state index in [1.165, 1.54) is 5.56 Å². The van der Waals surface area contributed by atoms with Gasteiger partial charge in [0, 0.05) is 31.2 Å².